The number of hydrogen-bond donors (Lipinski definition) is 3. The fraction of sp³-hybridized carbons (Fsp3) is 0.273. The lowest BCUT2D eigenvalue weighted by molar-refractivity contribution is 0.0960. The number of benzene rings is 2. The number of fused-ring (bicyclic) bond motifs is 1. The third-order valence-corrected chi connectivity index (χ3v) is 5.27. The molecule has 2 aromatic carbocycles. The summed E-state index contributed by atoms with van der Waals surface area (Å²) in [4.78, 5) is 41.9. The Kier molecular flexibility index (Phi) is 5.24. The van der Waals surface area contributed by atoms with E-state index in [9.17, 15) is 14.4 Å². The van der Waals surface area contributed by atoms with Gasteiger partial charge in [-0.1, -0.05) is 19.9 Å². The average Bonchev–Trinajstić information content (AvgIpc) is 2.94. The largest absolute Gasteiger partial charge is 0.355 e. The van der Waals surface area contributed by atoms with Crippen LogP contribution in [0.15, 0.2) is 41.4 Å². The first-order valence-corrected chi connectivity index (χ1v) is 9.29. The highest BCUT2D eigenvalue weighted by molar-refractivity contribution is 6.11. The Morgan fingerprint density at radius 3 is 2.03 bits per heavy atom. The summed E-state index contributed by atoms with van der Waals surface area (Å²) in [7, 11) is 3.01. The van der Waals surface area contributed by atoms with Crippen LogP contribution >= 0.6 is 0 Å². The van der Waals surface area contributed by atoms with Gasteiger partial charge < -0.3 is 16.0 Å². The van der Waals surface area contributed by atoms with Crippen LogP contribution in [0.5, 0.6) is 0 Å². The highest BCUT2D eigenvalue weighted by Gasteiger charge is 2.36. The Morgan fingerprint density at radius 1 is 0.897 bits per heavy atom. The molecule has 29 heavy (non-hydrogen) atoms. The van der Waals surface area contributed by atoms with Gasteiger partial charge in [-0.05, 0) is 37.3 Å². The summed E-state index contributed by atoms with van der Waals surface area (Å²) in [5, 5.41) is 7.89. The number of carbonyl (C=O) groups is 3. The van der Waals surface area contributed by atoms with Gasteiger partial charge in [0.05, 0.1) is 5.69 Å². The average molecular weight is 392 g/mol. The molecule has 0 radical (unpaired) electrons. The summed E-state index contributed by atoms with van der Waals surface area (Å²) in [5.41, 5.74) is 3.66. The van der Waals surface area contributed by atoms with E-state index in [4.69, 9.17) is 0 Å². The second-order valence-electron chi connectivity index (χ2n) is 7.43. The van der Waals surface area contributed by atoms with E-state index < -0.39 is 0 Å². The molecule has 0 saturated heterocycles. The van der Waals surface area contributed by atoms with E-state index in [0.29, 0.717) is 11.3 Å². The number of nitrogens with one attached hydrogen (secondary N) is 3. The molecule has 0 fully saturated rings. The van der Waals surface area contributed by atoms with Crippen LogP contribution in [0.1, 0.15) is 57.4 Å². The van der Waals surface area contributed by atoms with Crippen molar-refractivity contribution in [3.63, 3.8) is 0 Å². The monoisotopic (exact) mass is 392 g/mol. The number of carbonyl (C=O) groups excluding carboxylic acids is 3. The molecule has 3 rings (SSSR count). The predicted molar refractivity (Wildman–Crippen MR) is 113 cm³/mol. The first-order valence-electron chi connectivity index (χ1n) is 9.29. The van der Waals surface area contributed by atoms with Gasteiger partial charge in [0.2, 0.25) is 0 Å². The molecule has 7 nitrogen and oxygen atoms in total. The van der Waals surface area contributed by atoms with E-state index in [-0.39, 0.29) is 34.3 Å². The molecule has 150 valence electrons. The van der Waals surface area contributed by atoms with Crippen molar-refractivity contribution in [2.24, 2.45) is 4.99 Å². The summed E-state index contributed by atoms with van der Waals surface area (Å²) >= 11 is 0. The van der Waals surface area contributed by atoms with Gasteiger partial charge in [-0.25, -0.2) is 0 Å². The van der Waals surface area contributed by atoms with Crippen LogP contribution < -0.4 is 16.0 Å². The van der Waals surface area contributed by atoms with Crippen molar-refractivity contribution in [2.45, 2.75) is 26.2 Å². The Hall–Kier alpha value is -3.48. The van der Waals surface area contributed by atoms with Gasteiger partial charge in [-0.2, -0.15) is 0 Å². The van der Waals surface area contributed by atoms with E-state index >= 15 is 0 Å². The number of rotatable bonds is 4. The van der Waals surface area contributed by atoms with Crippen molar-refractivity contribution in [2.75, 3.05) is 19.4 Å². The van der Waals surface area contributed by atoms with E-state index in [1.807, 2.05) is 26.8 Å². The summed E-state index contributed by atoms with van der Waals surface area (Å²) in [6, 6.07) is 10.0. The maximum Gasteiger partial charge on any atom is 0.256 e. The Bertz CT molecular complexity index is 1020. The van der Waals surface area contributed by atoms with Gasteiger partial charge in [-0.15, -0.1) is 0 Å². The third-order valence-electron chi connectivity index (χ3n) is 5.27. The zero-order valence-corrected chi connectivity index (χ0v) is 17.1. The Morgan fingerprint density at radius 2 is 1.48 bits per heavy atom. The van der Waals surface area contributed by atoms with Gasteiger partial charge in [0.25, 0.3) is 17.7 Å². The SMILES string of the molecule is CNC(=O)c1cc(NC(=O)c2cccc3c2C(C)(C)C(C)=N3)cc(C(=O)NC)c1. The minimum Gasteiger partial charge on any atom is -0.355 e. The molecule has 0 bridgehead atoms. The molecule has 3 amide bonds. The van der Waals surface area contributed by atoms with Crippen LogP contribution in [0.3, 0.4) is 0 Å². The van der Waals surface area contributed by atoms with Gasteiger partial charge in [0, 0.05) is 53.2 Å². The van der Waals surface area contributed by atoms with Crippen molar-refractivity contribution in [3.8, 4) is 0 Å². The summed E-state index contributed by atoms with van der Waals surface area (Å²) in [6.45, 7) is 6.01. The molecule has 0 unspecified atom stereocenters. The van der Waals surface area contributed by atoms with Gasteiger partial charge >= 0.3 is 0 Å². The predicted octanol–water partition coefficient (Wildman–Crippen LogP) is 3.04. The van der Waals surface area contributed by atoms with Crippen LogP contribution in [0.4, 0.5) is 11.4 Å². The molecule has 7 heteroatoms. The van der Waals surface area contributed by atoms with E-state index in [1.165, 1.54) is 20.2 Å². The number of anilines is 1. The second kappa shape index (κ2) is 7.50. The first kappa shape index (κ1) is 20.3. The quantitative estimate of drug-likeness (QED) is 0.746. The molecule has 0 aromatic heterocycles. The number of aliphatic imine (C=N–C) groups is 1. The smallest absolute Gasteiger partial charge is 0.256 e. The molecular formula is C22H24N4O3. The van der Waals surface area contributed by atoms with Crippen molar-refractivity contribution >= 4 is 34.8 Å². The molecule has 0 atom stereocenters. The normalized spacial score (nSPS) is 13.9. The molecule has 1 aliphatic heterocycles. The molecule has 0 saturated carbocycles. The molecule has 0 spiro atoms. The second-order valence-corrected chi connectivity index (χ2v) is 7.43. The lowest BCUT2D eigenvalue weighted by atomic mass is 9.79. The molecular weight excluding hydrogens is 368 g/mol. The van der Waals surface area contributed by atoms with Crippen LogP contribution in [0, 0.1) is 0 Å². The van der Waals surface area contributed by atoms with Gasteiger partial charge in [-0.3, -0.25) is 19.4 Å². The fourth-order valence-corrected chi connectivity index (χ4v) is 3.43. The Balaban J connectivity index is 2.00. The van der Waals surface area contributed by atoms with Crippen molar-refractivity contribution in [1.29, 1.82) is 0 Å². The molecule has 3 N–H and O–H groups in total. The van der Waals surface area contributed by atoms with Gasteiger partial charge in [0.15, 0.2) is 0 Å². The van der Waals surface area contributed by atoms with E-state index in [2.05, 4.69) is 20.9 Å². The number of hydrogen-bond acceptors (Lipinski definition) is 4. The van der Waals surface area contributed by atoms with Crippen LogP contribution in [0.2, 0.25) is 0 Å². The Labute approximate surface area is 169 Å². The summed E-state index contributed by atoms with van der Waals surface area (Å²) < 4.78 is 0. The summed E-state index contributed by atoms with van der Waals surface area (Å²) in [5.74, 6) is -1.02. The maximum absolute atomic E-state index is 13.1. The van der Waals surface area contributed by atoms with Crippen molar-refractivity contribution in [1.82, 2.24) is 10.6 Å². The topological polar surface area (TPSA) is 99.7 Å². The van der Waals surface area contributed by atoms with Gasteiger partial charge in [0.1, 0.15) is 0 Å². The van der Waals surface area contributed by atoms with E-state index in [0.717, 1.165) is 17.0 Å². The van der Waals surface area contributed by atoms with Crippen molar-refractivity contribution in [3.05, 3.63) is 58.7 Å². The lowest BCUT2D eigenvalue weighted by Crippen LogP contribution is -2.27. The molecule has 2 aromatic rings. The fourth-order valence-electron chi connectivity index (χ4n) is 3.43. The molecule has 1 heterocycles. The minimum absolute atomic E-state index is 0.279. The maximum atomic E-state index is 13.1. The highest BCUT2D eigenvalue weighted by atomic mass is 16.2. The van der Waals surface area contributed by atoms with Crippen LogP contribution in [-0.4, -0.2) is 37.5 Å². The van der Waals surface area contributed by atoms with Crippen LogP contribution in [-0.2, 0) is 5.41 Å². The van der Waals surface area contributed by atoms with Crippen LogP contribution in [0.25, 0.3) is 0 Å². The molecule has 1 aliphatic rings. The van der Waals surface area contributed by atoms with Crippen molar-refractivity contribution < 1.29 is 14.4 Å². The number of amides is 3. The van der Waals surface area contributed by atoms with E-state index in [1.54, 1.807) is 24.3 Å². The highest BCUT2D eigenvalue weighted by Crippen LogP contribution is 2.42. The zero-order valence-electron chi connectivity index (χ0n) is 17.1. The summed E-state index contributed by atoms with van der Waals surface area (Å²) in [6.07, 6.45) is 0. The third kappa shape index (κ3) is 3.63. The lowest BCUT2D eigenvalue weighted by Gasteiger charge is -2.22. The first-order chi connectivity index (χ1) is 13.7. The standard InChI is InChI=1S/C22H24N4O3/c1-12-22(2,3)18-16(7-6-8-17(18)25-12)21(29)26-15-10-13(19(27)23-4)9-14(11-15)20(28)24-5/h6-11H,1-5H3,(H,23,27)(H,24,28)(H,26,29). The minimum atomic E-state index is -0.361. The zero-order chi connectivity index (χ0) is 21.3. The molecule has 0 aliphatic carbocycles. The number of nitrogens with zero attached hydrogens (tertiary/aromatic N) is 1.